The van der Waals surface area contributed by atoms with Crippen LogP contribution in [0.2, 0.25) is 0 Å². The number of alkyl halides is 1. The fourth-order valence-electron chi connectivity index (χ4n) is 1.27. The van der Waals surface area contributed by atoms with E-state index in [0.717, 1.165) is 5.56 Å². The van der Waals surface area contributed by atoms with E-state index in [0.29, 0.717) is 4.47 Å². The molecular formula is C11H10BrClN2O3. The Hall–Kier alpha value is -1.40. The minimum atomic E-state index is -1.55. The van der Waals surface area contributed by atoms with Crippen LogP contribution in [0.5, 0.6) is 0 Å². The molecule has 7 heteroatoms. The maximum absolute atomic E-state index is 11.6. The summed E-state index contributed by atoms with van der Waals surface area (Å²) in [7, 11) is 0. The Morgan fingerprint density at radius 2 is 2.11 bits per heavy atom. The number of aliphatic carboxylic acids is 1. The number of hydrogen-bond acceptors (Lipinski definition) is 3. The van der Waals surface area contributed by atoms with Gasteiger partial charge in [-0.25, -0.2) is 9.79 Å². The molecule has 1 rings (SSSR count). The zero-order valence-electron chi connectivity index (χ0n) is 9.41. The first-order valence-electron chi connectivity index (χ1n) is 4.84. The van der Waals surface area contributed by atoms with Crippen molar-refractivity contribution in [2.45, 2.75) is 6.92 Å². The van der Waals surface area contributed by atoms with Gasteiger partial charge in [0.25, 0.3) is 5.78 Å². The third-order valence-corrected chi connectivity index (χ3v) is 3.43. The molecule has 0 spiro atoms. The van der Waals surface area contributed by atoms with E-state index >= 15 is 0 Å². The molecule has 0 aromatic heterocycles. The summed E-state index contributed by atoms with van der Waals surface area (Å²) in [5, 5.41) is 8.79. The van der Waals surface area contributed by atoms with Crippen LogP contribution in [-0.2, 0) is 4.79 Å². The van der Waals surface area contributed by atoms with Crippen molar-refractivity contribution in [3.8, 4) is 0 Å². The van der Waals surface area contributed by atoms with Crippen LogP contribution in [0.25, 0.3) is 0 Å². The SMILES string of the molecule is Cc1ccc(N=C(N)CCl)c(C(=O)C(=O)O)c1Br. The minimum Gasteiger partial charge on any atom is -0.475 e. The molecule has 0 atom stereocenters. The van der Waals surface area contributed by atoms with E-state index < -0.39 is 11.8 Å². The van der Waals surface area contributed by atoms with Gasteiger partial charge in [-0.3, -0.25) is 4.79 Å². The molecule has 0 aliphatic heterocycles. The number of carboxylic acid groups (broad SMARTS) is 1. The van der Waals surface area contributed by atoms with Crippen molar-refractivity contribution < 1.29 is 14.7 Å². The summed E-state index contributed by atoms with van der Waals surface area (Å²) in [4.78, 5) is 26.4. The van der Waals surface area contributed by atoms with Gasteiger partial charge in [0, 0.05) is 4.47 Å². The molecule has 0 aliphatic rings. The van der Waals surface area contributed by atoms with E-state index in [1.54, 1.807) is 13.0 Å². The van der Waals surface area contributed by atoms with Crippen molar-refractivity contribution in [2.24, 2.45) is 10.7 Å². The number of benzene rings is 1. The van der Waals surface area contributed by atoms with Crippen LogP contribution in [0.15, 0.2) is 21.6 Å². The third-order valence-electron chi connectivity index (χ3n) is 2.14. The topological polar surface area (TPSA) is 92.8 Å². The average molecular weight is 334 g/mol. The van der Waals surface area contributed by atoms with Gasteiger partial charge in [0.1, 0.15) is 5.84 Å². The zero-order chi connectivity index (χ0) is 13.9. The number of halogens is 2. The van der Waals surface area contributed by atoms with Crippen molar-refractivity contribution >= 4 is 50.8 Å². The lowest BCUT2D eigenvalue weighted by Gasteiger charge is -2.08. The van der Waals surface area contributed by atoms with Crippen LogP contribution >= 0.6 is 27.5 Å². The molecule has 1 aromatic carbocycles. The Morgan fingerprint density at radius 3 is 2.61 bits per heavy atom. The van der Waals surface area contributed by atoms with Crippen LogP contribution in [0.4, 0.5) is 5.69 Å². The quantitative estimate of drug-likeness (QED) is 0.290. The van der Waals surface area contributed by atoms with Gasteiger partial charge in [-0.15, -0.1) is 11.6 Å². The van der Waals surface area contributed by atoms with Crippen LogP contribution in [0.3, 0.4) is 0 Å². The second-order valence-corrected chi connectivity index (χ2v) is 4.52. The van der Waals surface area contributed by atoms with Gasteiger partial charge in [-0.1, -0.05) is 6.07 Å². The minimum absolute atomic E-state index is 0.00774. The number of aryl methyl sites for hydroxylation is 1. The molecule has 3 N–H and O–H groups in total. The number of carbonyl (C=O) groups excluding carboxylic acids is 1. The Labute approximate surface area is 117 Å². The fraction of sp³-hybridized carbons (Fsp3) is 0.182. The van der Waals surface area contributed by atoms with Gasteiger partial charge in [-0.2, -0.15) is 0 Å². The molecule has 18 heavy (non-hydrogen) atoms. The zero-order valence-corrected chi connectivity index (χ0v) is 11.7. The molecule has 0 fully saturated rings. The number of nitrogens with zero attached hydrogens (tertiary/aromatic N) is 1. The summed E-state index contributed by atoms with van der Waals surface area (Å²) >= 11 is 8.68. The number of Topliss-reactive ketones (excluding diaryl/α,β-unsaturated/α-hetero) is 1. The molecule has 96 valence electrons. The van der Waals surface area contributed by atoms with Crippen molar-refractivity contribution in [1.82, 2.24) is 0 Å². The summed E-state index contributed by atoms with van der Waals surface area (Å²) in [6, 6.07) is 3.22. The summed E-state index contributed by atoms with van der Waals surface area (Å²) in [6.45, 7) is 1.74. The van der Waals surface area contributed by atoms with Gasteiger partial charge in [0.05, 0.1) is 17.1 Å². The van der Waals surface area contributed by atoms with Gasteiger partial charge in [0.2, 0.25) is 0 Å². The highest BCUT2D eigenvalue weighted by Crippen LogP contribution is 2.30. The lowest BCUT2D eigenvalue weighted by molar-refractivity contribution is -0.131. The molecule has 0 bridgehead atoms. The number of hydrogen-bond donors (Lipinski definition) is 2. The van der Waals surface area contributed by atoms with Gasteiger partial charge in [-0.05, 0) is 34.5 Å². The van der Waals surface area contributed by atoms with Gasteiger partial charge in [0.15, 0.2) is 0 Å². The van der Waals surface area contributed by atoms with Gasteiger partial charge < -0.3 is 10.8 Å². The molecular weight excluding hydrogens is 323 g/mol. The highest BCUT2D eigenvalue weighted by Gasteiger charge is 2.22. The van der Waals surface area contributed by atoms with E-state index in [4.69, 9.17) is 22.4 Å². The van der Waals surface area contributed by atoms with Gasteiger partial charge >= 0.3 is 5.97 Å². The molecule has 0 amide bonds. The smallest absolute Gasteiger partial charge is 0.377 e. The number of carbonyl (C=O) groups is 2. The summed E-state index contributed by atoms with van der Waals surface area (Å²) in [5.74, 6) is -2.51. The summed E-state index contributed by atoms with van der Waals surface area (Å²) < 4.78 is 0.388. The molecule has 0 saturated heterocycles. The predicted octanol–water partition coefficient (Wildman–Crippen LogP) is 2.25. The average Bonchev–Trinajstić information content (AvgIpc) is 2.33. The molecule has 0 unspecified atom stereocenters. The number of nitrogens with two attached hydrogens (primary N) is 1. The monoisotopic (exact) mass is 332 g/mol. The maximum Gasteiger partial charge on any atom is 0.377 e. The molecule has 1 aromatic rings. The Balaban J connectivity index is 3.49. The number of ketones is 1. The molecule has 0 heterocycles. The largest absolute Gasteiger partial charge is 0.475 e. The first-order chi connectivity index (χ1) is 8.38. The maximum atomic E-state index is 11.6. The normalized spacial score (nSPS) is 11.4. The standard InChI is InChI=1S/C11H10BrClN2O3/c1-5-2-3-6(15-7(14)4-13)8(9(5)12)10(16)11(17)18/h2-3H,4H2,1H3,(H2,14,15)(H,17,18). The van der Waals surface area contributed by atoms with Crippen LogP contribution in [0.1, 0.15) is 15.9 Å². The Morgan fingerprint density at radius 1 is 1.50 bits per heavy atom. The Kier molecular flexibility index (Phi) is 4.86. The first-order valence-corrected chi connectivity index (χ1v) is 6.17. The van der Waals surface area contributed by atoms with Crippen molar-refractivity contribution in [3.63, 3.8) is 0 Å². The molecule has 0 radical (unpaired) electrons. The number of aliphatic imine (C=N–C) groups is 1. The molecule has 0 aliphatic carbocycles. The van der Waals surface area contributed by atoms with Crippen LogP contribution in [0, 0.1) is 6.92 Å². The first kappa shape index (κ1) is 14.7. The number of carboxylic acids is 1. The van der Waals surface area contributed by atoms with E-state index in [1.807, 2.05) is 0 Å². The highest BCUT2D eigenvalue weighted by atomic mass is 79.9. The lowest BCUT2D eigenvalue weighted by Crippen LogP contribution is -2.16. The molecule has 5 nitrogen and oxygen atoms in total. The van der Waals surface area contributed by atoms with Crippen LogP contribution < -0.4 is 5.73 Å². The van der Waals surface area contributed by atoms with E-state index in [1.165, 1.54) is 6.07 Å². The number of amidine groups is 1. The second-order valence-electron chi connectivity index (χ2n) is 3.46. The molecule has 0 saturated carbocycles. The Bertz CT molecular complexity index is 543. The van der Waals surface area contributed by atoms with E-state index in [9.17, 15) is 9.59 Å². The third kappa shape index (κ3) is 3.08. The summed E-state index contributed by atoms with van der Waals surface area (Å²) in [5.41, 5.74) is 6.35. The van der Waals surface area contributed by atoms with E-state index in [-0.39, 0.29) is 23.0 Å². The lowest BCUT2D eigenvalue weighted by atomic mass is 10.1. The second kappa shape index (κ2) is 5.97. The fourth-order valence-corrected chi connectivity index (χ4v) is 1.85. The summed E-state index contributed by atoms with van der Waals surface area (Å²) in [6.07, 6.45) is 0. The predicted molar refractivity (Wildman–Crippen MR) is 72.8 cm³/mol. The van der Waals surface area contributed by atoms with Crippen molar-refractivity contribution in [2.75, 3.05) is 5.88 Å². The van der Waals surface area contributed by atoms with Crippen molar-refractivity contribution in [1.29, 1.82) is 0 Å². The van der Waals surface area contributed by atoms with E-state index in [2.05, 4.69) is 20.9 Å². The van der Waals surface area contributed by atoms with Crippen molar-refractivity contribution in [3.05, 3.63) is 27.7 Å². The highest BCUT2D eigenvalue weighted by molar-refractivity contribution is 9.10. The number of rotatable bonds is 4. The van der Waals surface area contributed by atoms with Crippen LogP contribution in [-0.4, -0.2) is 28.6 Å².